The van der Waals surface area contributed by atoms with E-state index >= 15 is 0 Å². The Morgan fingerprint density at radius 2 is 0.968 bits per heavy atom. The molecule has 0 saturated heterocycles. The van der Waals surface area contributed by atoms with Crippen LogP contribution in [0.3, 0.4) is 0 Å². The molecule has 10 aromatic carbocycles. The second-order valence-electron chi connectivity index (χ2n) is 16.1. The molecule has 3 heterocycles. The summed E-state index contributed by atoms with van der Waals surface area (Å²) in [6, 6.07) is 79.1. The van der Waals surface area contributed by atoms with Gasteiger partial charge in [-0.2, -0.15) is 0 Å². The first kappa shape index (κ1) is 34.9. The Kier molecular flexibility index (Phi) is 7.78. The average Bonchev–Trinajstić information content (AvgIpc) is 4.01. The second-order valence-corrected chi connectivity index (χ2v) is 17.1. The number of aromatic nitrogens is 1. The van der Waals surface area contributed by atoms with Gasteiger partial charge in [-0.05, 0) is 104 Å². The Morgan fingerprint density at radius 3 is 1.73 bits per heavy atom. The summed E-state index contributed by atoms with van der Waals surface area (Å²) < 4.78 is 11.7. The maximum Gasteiger partial charge on any atom is 0.213 e. The summed E-state index contributed by atoms with van der Waals surface area (Å²) in [7, 11) is 0. The molecule has 0 radical (unpaired) electrons. The number of para-hydroxylation sites is 1. The first-order valence-electron chi connectivity index (χ1n) is 21.1. The van der Waals surface area contributed by atoms with Crippen molar-refractivity contribution in [2.24, 2.45) is 0 Å². The van der Waals surface area contributed by atoms with Gasteiger partial charge in [-0.3, -0.25) is 4.40 Å². The molecule has 0 bridgehead atoms. The largest absolute Gasteiger partial charge is 0.438 e. The van der Waals surface area contributed by atoms with Crippen LogP contribution in [0.5, 0.6) is 0 Å². The van der Waals surface area contributed by atoms with Crippen molar-refractivity contribution in [1.29, 1.82) is 0 Å². The maximum atomic E-state index is 6.90. The summed E-state index contributed by atoms with van der Waals surface area (Å²) >= 11 is 1.86. The third-order valence-corrected chi connectivity index (χ3v) is 13.8. The smallest absolute Gasteiger partial charge is 0.213 e. The van der Waals surface area contributed by atoms with Gasteiger partial charge in [0.1, 0.15) is 0 Å². The zero-order valence-corrected chi connectivity index (χ0v) is 34.3. The van der Waals surface area contributed by atoms with E-state index in [2.05, 4.69) is 228 Å². The number of hydrogen-bond donors (Lipinski definition) is 0. The van der Waals surface area contributed by atoms with Crippen LogP contribution in [0, 0.1) is 0 Å². The molecule has 0 aliphatic rings. The molecule has 62 heavy (non-hydrogen) atoms. The summed E-state index contributed by atoms with van der Waals surface area (Å²) in [4.78, 5) is 2.41. The molecule has 0 spiro atoms. The minimum atomic E-state index is 0.859. The Balaban J connectivity index is 0.927. The van der Waals surface area contributed by atoms with Crippen molar-refractivity contribution < 1.29 is 4.42 Å². The van der Waals surface area contributed by atoms with Crippen LogP contribution in [0.4, 0.5) is 17.1 Å². The summed E-state index contributed by atoms with van der Waals surface area (Å²) in [6.07, 6.45) is 0. The summed E-state index contributed by atoms with van der Waals surface area (Å²) in [5.74, 6) is 0. The van der Waals surface area contributed by atoms with Gasteiger partial charge in [-0.1, -0.05) is 164 Å². The standard InChI is InChI=1S/C58H36N2OS/c1-3-16-44-38(12-1)14-9-20-45(44)40-28-33-43(34-29-40)59(53-24-11-22-49-47-18-6-8-25-55(47)62-57(49)53)42-31-26-37(27-32-42)41-30-35-52-54(36-41)61-58-56(50-19-5-7-23-51(50)60(52)58)48-21-10-15-39-13-2-4-17-46(39)48/h1-36H. The van der Waals surface area contributed by atoms with Crippen molar-refractivity contribution in [3.8, 4) is 33.4 Å². The third kappa shape index (κ3) is 5.37. The van der Waals surface area contributed by atoms with Gasteiger partial charge in [0.15, 0.2) is 5.58 Å². The lowest BCUT2D eigenvalue weighted by Gasteiger charge is -2.26. The van der Waals surface area contributed by atoms with Crippen molar-refractivity contribution in [3.05, 3.63) is 218 Å². The molecule has 13 aromatic rings. The number of nitrogens with zero attached hydrogens (tertiary/aromatic N) is 2. The van der Waals surface area contributed by atoms with Crippen molar-refractivity contribution in [3.63, 3.8) is 0 Å². The van der Waals surface area contributed by atoms with Gasteiger partial charge in [0.25, 0.3) is 0 Å². The summed E-state index contributed by atoms with van der Waals surface area (Å²) in [5, 5.41) is 8.68. The Morgan fingerprint density at radius 1 is 0.403 bits per heavy atom. The number of anilines is 3. The van der Waals surface area contributed by atoms with E-state index in [0.29, 0.717) is 0 Å². The Labute approximate surface area is 361 Å². The SMILES string of the molecule is c1ccc2c(-c3ccc(N(c4ccc(-c5ccc6c(c5)oc5c(-c7cccc8ccccc78)c7ccccc7n56)cc4)c4cccc5c4sc4ccccc45)cc3)cccc2c1. The highest BCUT2D eigenvalue weighted by Crippen LogP contribution is 2.46. The van der Waals surface area contributed by atoms with Crippen LogP contribution in [0.2, 0.25) is 0 Å². The lowest BCUT2D eigenvalue weighted by Crippen LogP contribution is -2.10. The van der Waals surface area contributed by atoms with Crippen molar-refractivity contribution in [2.75, 3.05) is 4.90 Å². The fourth-order valence-electron chi connectivity index (χ4n) is 9.73. The van der Waals surface area contributed by atoms with Crippen LogP contribution in [0.1, 0.15) is 0 Å². The lowest BCUT2D eigenvalue weighted by atomic mass is 9.98. The van der Waals surface area contributed by atoms with E-state index in [0.717, 1.165) is 56.1 Å². The number of oxazole rings is 1. The molecule has 3 aromatic heterocycles. The monoisotopic (exact) mass is 808 g/mol. The Bertz CT molecular complexity index is 3860. The van der Waals surface area contributed by atoms with Crippen LogP contribution in [-0.4, -0.2) is 4.40 Å². The molecular formula is C58H36N2OS. The second kappa shape index (κ2) is 13.8. The molecule has 0 amide bonds. The van der Waals surface area contributed by atoms with Crippen molar-refractivity contribution >= 4 is 97.8 Å². The number of fused-ring (bicyclic) bond motifs is 10. The molecule has 0 atom stereocenters. The van der Waals surface area contributed by atoms with E-state index in [1.807, 2.05) is 11.3 Å². The van der Waals surface area contributed by atoms with Gasteiger partial charge in [-0.25, -0.2) is 0 Å². The topological polar surface area (TPSA) is 20.8 Å². The van der Waals surface area contributed by atoms with Gasteiger partial charge in [-0.15, -0.1) is 11.3 Å². The molecular weight excluding hydrogens is 773 g/mol. The van der Waals surface area contributed by atoms with E-state index < -0.39 is 0 Å². The fraction of sp³-hybridized carbons (Fsp3) is 0. The molecule has 3 nitrogen and oxygen atoms in total. The van der Waals surface area contributed by atoms with Crippen LogP contribution in [0.15, 0.2) is 223 Å². The lowest BCUT2D eigenvalue weighted by molar-refractivity contribution is 0.658. The molecule has 0 saturated carbocycles. The van der Waals surface area contributed by atoms with Crippen molar-refractivity contribution in [2.45, 2.75) is 0 Å². The first-order chi connectivity index (χ1) is 30.7. The quantitative estimate of drug-likeness (QED) is 0.167. The summed E-state index contributed by atoms with van der Waals surface area (Å²) in [5.41, 5.74) is 14.2. The van der Waals surface area contributed by atoms with Gasteiger partial charge in [0, 0.05) is 32.2 Å². The zero-order valence-electron chi connectivity index (χ0n) is 33.5. The van der Waals surface area contributed by atoms with Gasteiger partial charge < -0.3 is 9.32 Å². The molecule has 0 fully saturated rings. The van der Waals surface area contributed by atoms with Gasteiger partial charge in [0.2, 0.25) is 5.71 Å². The fourth-order valence-corrected chi connectivity index (χ4v) is 10.9. The molecule has 290 valence electrons. The molecule has 4 heteroatoms. The summed E-state index contributed by atoms with van der Waals surface area (Å²) in [6.45, 7) is 0. The predicted molar refractivity (Wildman–Crippen MR) is 264 cm³/mol. The van der Waals surface area contributed by atoms with E-state index in [1.165, 1.54) is 63.8 Å². The van der Waals surface area contributed by atoms with Crippen LogP contribution < -0.4 is 4.90 Å². The van der Waals surface area contributed by atoms with Gasteiger partial charge in [0.05, 0.1) is 27.0 Å². The minimum absolute atomic E-state index is 0.859. The molecule has 0 unspecified atom stereocenters. The van der Waals surface area contributed by atoms with E-state index in [9.17, 15) is 0 Å². The normalized spacial score (nSPS) is 11.9. The highest BCUT2D eigenvalue weighted by Gasteiger charge is 2.22. The number of rotatable bonds is 6. The highest BCUT2D eigenvalue weighted by molar-refractivity contribution is 7.26. The van der Waals surface area contributed by atoms with Crippen molar-refractivity contribution in [1.82, 2.24) is 4.40 Å². The zero-order chi connectivity index (χ0) is 40.7. The Hall–Kier alpha value is -7.92. The molecule has 0 aliphatic heterocycles. The van der Waals surface area contributed by atoms with Crippen LogP contribution in [-0.2, 0) is 0 Å². The maximum absolute atomic E-state index is 6.90. The van der Waals surface area contributed by atoms with Gasteiger partial charge >= 0.3 is 0 Å². The number of hydrogen-bond acceptors (Lipinski definition) is 3. The molecule has 0 aliphatic carbocycles. The van der Waals surface area contributed by atoms with E-state index in [1.54, 1.807) is 0 Å². The number of benzene rings is 10. The minimum Gasteiger partial charge on any atom is -0.438 e. The van der Waals surface area contributed by atoms with Crippen LogP contribution in [0.25, 0.3) is 103 Å². The van der Waals surface area contributed by atoms with E-state index in [-0.39, 0.29) is 0 Å². The molecule has 0 N–H and O–H groups in total. The number of thiophene rings is 1. The first-order valence-corrected chi connectivity index (χ1v) is 21.9. The van der Waals surface area contributed by atoms with Crippen LogP contribution >= 0.6 is 11.3 Å². The highest BCUT2D eigenvalue weighted by atomic mass is 32.1. The average molecular weight is 809 g/mol. The predicted octanol–water partition coefficient (Wildman–Crippen LogP) is 17.0. The third-order valence-electron chi connectivity index (χ3n) is 12.6. The van der Waals surface area contributed by atoms with E-state index in [4.69, 9.17) is 4.42 Å². The molecule has 13 rings (SSSR count).